The average molecular weight is 494 g/mol. The molecule has 2 fully saturated rings. The van der Waals surface area contributed by atoms with Crippen LogP contribution in [0.2, 0.25) is 0 Å². The van der Waals surface area contributed by atoms with Crippen LogP contribution in [0.4, 0.5) is 34.3 Å². The van der Waals surface area contributed by atoms with Crippen molar-refractivity contribution in [2.24, 2.45) is 0 Å². The summed E-state index contributed by atoms with van der Waals surface area (Å²) in [6, 6.07) is 7.59. The number of anilines is 2. The third-order valence-electron chi connectivity index (χ3n) is 5.47. The molecule has 1 saturated carbocycles. The summed E-state index contributed by atoms with van der Waals surface area (Å²) in [7, 11) is 0. The Hall–Kier alpha value is -3.28. The summed E-state index contributed by atoms with van der Waals surface area (Å²) in [6.45, 7) is 3.27. The van der Waals surface area contributed by atoms with Crippen LogP contribution in [0.15, 0.2) is 47.5 Å². The van der Waals surface area contributed by atoms with Crippen LogP contribution in [0, 0.1) is 0 Å². The first-order valence-electron chi connectivity index (χ1n) is 10.5. The molecule has 8 nitrogen and oxygen atoms in total. The zero-order chi connectivity index (χ0) is 24.7. The Kier molecular flexibility index (Phi) is 6.19. The molecule has 1 aromatic heterocycles. The second-order valence-corrected chi connectivity index (χ2v) is 9.67. The summed E-state index contributed by atoms with van der Waals surface area (Å²) in [4.78, 5) is 44.6. The number of nitrogens with zero attached hydrogens (tertiary/aromatic N) is 3. The van der Waals surface area contributed by atoms with Gasteiger partial charge in [0.2, 0.25) is 0 Å². The van der Waals surface area contributed by atoms with Crippen molar-refractivity contribution in [3.05, 3.63) is 48.2 Å². The number of carbonyl (C=O) groups is 3. The van der Waals surface area contributed by atoms with E-state index in [4.69, 9.17) is 0 Å². The van der Waals surface area contributed by atoms with Gasteiger partial charge < -0.3 is 10.2 Å². The smallest absolute Gasteiger partial charge is 0.335 e. The molecule has 0 unspecified atom stereocenters. The molecule has 1 aliphatic heterocycles. The van der Waals surface area contributed by atoms with Crippen LogP contribution in [0.25, 0.3) is 0 Å². The van der Waals surface area contributed by atoms with Gasteiger partial charge in [0.05, 0.1) is 5.69 Å². The Morgan fingerprint density at radius 3 is 2.47 bits per heavy atom. The maximum Gasteiger partial charge on any atom is 0.446 e. The summed E-state index contributed by atoms with van der Waals surface area (Å²) < 4.78 is 37.8. The Balaban J connectivity index is 1.50. The number of aromatic nitrogens is 1. The Morgan fingerprint density at radius 1 is 1.18 bits per heavy atom. The van der Waals surface area contributed by atoms with Crippen molar-refractivity contribution in [1.29, 1.82) is 0 Å². The lowest BCUT2D eigenvalue weighted by Gasteiger charge is -2.27. The van der Waals surface area contributed by atoms with Gasteiger partial charge in [-0.05, 0) is 80.4 Å². The van der Waals surface area contributed by atoms with Crippen LogP contribution >= 0.6 is 11.8 Å². The van der Waals surface area contributed by atoms with Crippen molar-refractivity contribution in [2.45, 2.75) is 55.2 Å². The number of alkyl halides is 3. The van der Waals surface area contributed by atoms with E-state index in [9.17, 15) is 27.6 Å². The molecule has 0 spiro atoms. The van der Waals surface area contributed by atoms with Crippen molar-refractivity contribution >= 4 is 41.2 Å². The quantitative estimate of drug-likeness (QED) is 0.448. The highest BCUT2D eigenvalue weighted by Crippen LogP contribution is 2.39. The highest BCUT2D eigenvalue weighted by atomic mass is 32.2. The summed E-state index contributed by atoms with van der Waals surface area (Å²) in [5.41, 5.74) is -4.80. The number of amides is 5. The van der Waals surface area contributed by atoms with E-state index in [1.807, 2.05) is 0 Å². The van der Waals surface area contributed by atoms with Crippen LogP contribution in [-0.4, -0.2) is 44.9 Å². The van der Waals surface area contributed by atoms with E-state index in [0.29, 0.717) is 11.4 Å². The highest BCUT2D eigenvalue weighted by Gasteiger charge is 2.51. The van der Waals surface area contributed by atoms with Gasteiger partial charge in [0.25, 0.3) is 5.91 Å². The fraction of sp³-hybridized carbons (Fsp3) is 0.364. The van der Waals surface area contributed by atoms with Gasteiger partial charge >= 0.3 is 17.6 Å². The molecule has 12 heteroatoms. The molecule has 0 bridgehead atoms. The number of carbonyl (C=O) groups excluding carboxylic acids is 3. The monoisotopic (exact) mass is 493 g/mol. The second-order valence-electron chi connectivity index (χ2n) is 8.53. The number of nitrogens with one attached hydrogen (secondary N) is 2. The number of imide groups is 1. The van der Waals surface area contributed by atoms with E-state index in [-0.39, 0.29) is 41.0 Å². The predicted molar refractivity (Wildman–Crippen MR) is 120 cm³/mol. The summed E-state index contributed by atoms with van der Waals surface area (Å²) in [6.07, 6.45) is 3.38. The van der Waals surface area contributed by atoms with Gasteiger partial charge in [0.15, 0.2) is 0 Å². The number of hydrogen-bond acceptors (Lipinski definition) is 5. The maximum absolute atomic E-state index is 13.2. The van der Waals surface area contributed by atoms with E-state index < -0.39 is 23.0 Å². The minimum atomic E-state index is -4.43. The molecular weight excluding hydrogens is 471 g/mol. The lowest BCUT2D eigenvalue weighted by Crippen LogP contribution is -2.43. The van der Waals surface area contributed by atoms with Gasteiger partial charge in [-0.1, -0.05) is 0 Å². The lowest BCUT2D eigenvalue weighted by atomic mass is 10.0. The molecule has 34 heavy (non-hydrogen) atoms. The van der Waals surface area contributed by atoms with Gasteiger partial charge in [-0.3, -0.25) is 10.1 Å². The van der Waals surface area contributed by atoms with E-state index in [1.165, 1.54) is 35.4 Å². The van der Waals surface area contributed by atoms with E-state index in [1.54, 1.807) is 26.0 Å². The SMILES string of the molecule is CC1(C)C(=O)N(c2ccc(SC(F)(F)F)cc2)C(=O)N1Cc1ccnc(NC(=O)NC2CC2)c1. The van der Waals surface area contributed by atoms with Crippen LogP contribution in [-0.2, 0) is 11.3 Å². The predicted octanol–water partition coefficient (Wildman–Crippen LogP) is 4.72. The van der Waals surface area contributed by atoms with E-state index in [2.05, 4.69) is 15.6 Å². The molecule has 2 aliphatic rings. The Labute approximate surface area is 197 Å². The summed E-state index contributed by atoms with van der Waals surface area (Å²) >= 11 is -0.271. The minimum Gasteiger partial charge on any atom is -0.335 e. The topological polar surface area (TPSA) is 94.6 Å². The fourth-order valence-corrected chi connectivity index (χ4v) is 4.05. The summed E-state index contributed by atoms with van der Waals surface area (Å²) in [5.74, 6) is -0.189. The van der Waals surface area contributed by atoms with Crippen LogP contribution < -0.4 is 15.5 Å². The average Bonchev–Trinajstić information content (AvgIpc) is 3.53. The largest absolute Gasteiger partial charge is 0.446 e. The lowest BCUT2D eigenvalue weighted by molar-refractivity contribution is -0.123. The molecule has 4 rings (SSSR count). The Morgan fingerprint density at radius 2 is 1.85 bits per heavy atom. The Bertz CT molecular complexity index is 1120. The van der Waals surface area contributed by atoms with Gasteiger partial charge in [0.1, 0.15) is 11.4 Å². The zero-order valence-electron chi connectivity index (χ0n) is 18.3. The van der Waals surface area contributed by atoms with Crippen molar-refractivity contribution in [3.63, 3.8) is 0 Å². The number of thioether (sulfide) groups is 1. The highest BCUT2D eigenvalue weighted by molar-refractivity contribution is 8.00. The number of urea groups is 2. The first kappa shape index (κ1) is 23.9. The fourth-order valence-electron chi connectivity index (χ4n) is 3.51. The minimum absolute atomic E-state index is 0.0472. The molecule has 0 radical (unpaired) electrons. The van der Waals surface area contributed by atoms with Gasteiger partial charge in [-0.2, -0.15) is 13.2 Å². The van der Waals surface area contributed by atoms with Gasteiger partial charge in [0, 0.05) is 23.7 Å². The molecule has 5 amide bonds. The van der Waals surface area contributed by atoms with Crippen molar-refractivity contribution in [3.8, 4) is 0 Å². The normalized spacial score (nSPS) is 17.8. The third-order valence-corrected chi connectivity index (χ3v) is 6.21. The van der Waals surface area contributed by atoms with Gasteiger partial charge in [-0.15, -0.1) is 0 Å². The standard InChI is InChI=1S/C22H22F3N5O3S/c1-21(2)18(31)30(15-5-7-16(8-6-15)34-22(23,24)25)20(33)29(21)12-13-9-10-26-17(11-13)28-19(32)27-14-3-4-14/h5-11,14H,3-4,12H2,1-2H3,(H2,26,27,28,32). The van der Waals surface area contributed by atoms with Crippen LogP contribution in [0.5, 0.6) is 0 Å². The molecule has 1 aliphatic carbocycles. The van der Waals surface area contributed by atoms with Crippen LogP contribution in [0.1, 0.15) is 32.3 Å². The molecule has 1 saturated heterocycles. The van der Waals surface area contributed by atoms with Crippen molar-refractivity contribution < 1.29 is 27.6 Å². The number of halogens is 3. The molecule has 2 aromatic rings. The molecule has 0 atom stereocenters. The molecular formula is C22H22F3N5O3S. The molecule has 180 valence electrons. The van der Waals surface area contributed by atoms with Crippen molar-refractivity contribution in [1.82, 2.24) is 15.2 Å². The number of rotatable bonds is 6. The zero-order valence-corrected chi connectivity index (χ0v) is 19.2. The van der Waals surface area contributed by atoms with Gasteiger partial charge in [-0.25, -0.2) is 19.5 Å². The van der Waals surface area contributed by atoms with Crippen LogP contribution in [0.3, 0.4) is 0 Å². The number of benzene rings is 1. The van der Waals surface area contributed by atoms with Crippen molar-refractivity contribution in [2.75, 3.05) is 10.2 Å². The van der Waals surface area contributed by atoms with E-state index in [0.717, 1.165) is 17.7 Å². The van der Waals surface area contributed by atoms with E-state index >= 15 is 0 Å². The molecule has 2 N–H and O–H groups in total. The first-order chi connectivity index (χ1) is 15.9. The number of pyridine rings is 1. The first-order valence-corrected chi connectivity index (χ1v) is 11.3. The summed E-state index contributed by atoms with van der Waals surface area (Å²) in [5, 5.41) is 5.44. The third kappa shape index (κ3) is 5.27. The maximum atomic E-state index is 13.2. The molecule has 1 aromatic carbocycles. The molecule has 2 heterocycles. The second kappa shape index (κ2) is 8.82. The number of hydrogen-bond donors (Lipinski definition) is 2.